The lowest BCUT2D eigenvalue weighted by Crippen LogP contribution is -2.26. The topological polar surface area (TPSA) is 41.0 Å². The van der Waals surface area contributed by atoms with Crippen LogP contribution in [-0.2, 0) is 6.42 Å². The first-order valence-electron chi connectivity index (χ1n) is 6.58. The molecule has 1 aliphatic rings. The van der Waals surface area contributed by atoms with Crippen LogP contribution in [0.5, 0.6) is 0 Å². The molecule has 1 fully saturated rings. The van der Waals surface area contributed by atoms with E-state index >= 15 is 0 Å². The summed E-state index contributed by atoms with van der Waals surface area (Å²) in [6.07, 6.45) is 3.67. The van der Waals surface area contributed by atoms with Gasteiger partial charge in [-0.15, -0.1) is 0 Å². The number of aromatic nitrogens is 2. The van der Waals surface area contributed by atoms with Gasteiger partial charge < -0.3 is 10.2 Å². The van der Waals surface area contributed by atoms with Crippen molar-refractivity contribution in [2.24, 2.45) is 0 Å². The van der Waals surface area contributed by atoms with Crippen LogP contribution in [0.1, 0.15) is 31.3 Å². The zero-order chi connectivity index (χ0) is 12.1. The van der Waals surface area contributed by atoms with Gasteiger partial charge in [0.15, 0.2) is 0 Å². The molecule has 4 nitrogen and oxygen atoms in total. The van der Waals surface area contributed by atoms with Crippen molar-refractivity contribution in [1.29, 1.82) is 0 Å². The fourth-order valence-electron chi connectivity index (χ4n) is 2.25. The molecule has 94 valence electrons. The third kappa shape index (κ3) is 3.66. The Labute approximate surface area is 103 Å². The minimum absolute atomic E-state index is 0.855. The van der Waals surface area contributed by atoms with E-state index in [0.717, 1.165) is 36.8 Å². The van der Waals surface area contributed by atoms with Crippen LogP contribution in [0.3, 0.4) is 0 Å². The van der Waals surface area contributed by atoms with Gasteiger partial charge >= 0.3 is 0 Å². The van der Waals surface area contributed by atoms with Crippen molar-refractivity contribution in [3.63, 3.8) is 0 Å². The van der Waals surface area contributed by atoms with Gasteiger partial charge in [0.05, 0.1) is 0 Å². The maximum atomic E-state index is 4.41. The summed E-state index contributed by atoms with van der Waals surface area (Å²) in [5, 5.41) is 3.39. The summed E-state index contributed by atoms with van der Waals surface area (Å²) in [5.74, 6) is 1.82. The van der Waals surface area contributed by atoms with Crippen LogP contribution in [0.15, 0.2) is 6.07 Å². The predicted molar refractivity (Wildman–Crippen MR) is 70.3 cm³/mol. The van der Waals surface area contributed by atoms with Gasteiger partial charge in [-0.1, -0.05) is 6.92 Å². The van der Waals surface area contributed by atoms with Crippen LogP contribution in [0.4, 0.5) is 5.82 Å². The zero-order valence-corrected chi connectivity index (χ0v) is 10.9. The van der Waals surface area contributed by atoms with Gasteiger partial charge in [0.25, 0.3) is 0 Å². The second kappa shape index (κ2) is 5.96. The largest absolute Gasteiger partial charge is 0.369 e. The van der Waals surface area contributed by atoms with E-state index in [-0.39, 0.29) is 0 Å². The van der Waals surface area contributed by atoms with Gasteiger partial charge in [-0.2, -0.15) is 0 Å². The smallest absolute Gasteiger partial charge is 0.129 e. The SMILES string of the molecule is CCc1cc(NCCN2CCCC2)nc(C)n1. The molecule has 2 rings (SSSR count). The summed E-state index contributed by atoms with van der Waals surface area (Å²) in [6.45, 7) is 8.67. The lowest BCUT2D eigenvalue weighted by Gasteiger charge is -2.15. The Morgan fingerprint density at radius 1 is 1.29 bits per heavy atom. The molecule has 1 aromatic heterocycles. The maximum absolute atomic E-state index is 4.41. The molecule has 0 amide bonds. The average Bonchev–Trinajstić information content (AvgIpc) is 2.81. The lowest BCUT2D eigenvalue weighted by atomic mass is 10.3. The summed E-state index contributed by atoms with van der Waals surface area (Å²) in [6, 6.07) is 2.05. The fourth-order valence-corrected chi connectivity index (χ4v) is 2.25. The molecular weight excluding hydrogens is 212 g/mol. The van der Waals surface area contributed by atoms with E-state index in [0.29, 0.717) is 0 Å². The monoisotopic (exact) mass is 234 g/mol. The maximum Gasteiger partial charge on any atom is 0.129 e. The molecule has 1 saturated heterocycles. The Kier molecular flexibility index (Phi) is 4.31. The minimum Gasteiger partial charge on any atom is -0.369 e. The minimum atomic E-state index is 0.855. The number of anilines is 1. The highest BCUT2D eigenvalue weighted by Crippen LogP contribution is 2.09. The van der Waals surface area contributed by atoms with Gasteiger partial charge in [0, 0.05) is 24.8 Å². The molecule has 0 aliphatic carbocycles. The van der Waals surface area contributed by atoms with E-state index in [2.05, 4.69) is 33.2 Å². The normalized spacial score (nSPS) is 16.4. The van der Waals surface area contributed by atoms with Crippen LogP contribution < -0.4 is 5.32 Å². The molecule has 0 atom stereocenters. The molecule has 0 bridgehead atoms. The highest BCUT2D eigenvalue weighted by atomic mass is 15.2. The first kappa shape index (κ1) is 12.3. The third-order valence-corrected chi connectivity index (χ3v) is 3.19. The van der Waals surface area contributed by atoms with Gasteiger partial charge in [-0.05, 0) is 39.3 Å². The molecule has 4 heteroatoms. The molecular formula is C13H22N4. The molecule has 0 spiro atoms. The van der Waals surface area contributed by atoms with Crippen molar-refractivity contribution >= 4 is 5.82 Å². The number of hydrogen-bond acceptors (Lipinski definition) is 4. The first-order valence-corrected chi connectivity index (χ1v) is 6.58. The van der Waals surface area contributed by atoms with E-state index in [1.54, 1.807) is 0 Å². The van der Waals surface area contributed by atoms with Crippen molar-refractivity contribution in [2.45, 2.75) is 33.1 Å². The molecule has 0 unspecified atom stereocenters. The van der Waals surface area contributed by atoms with Crippen LogP contribution >= 0.6 is 0 Å². The first-order chi connectivity index (χ1) is 8.28. The Hall–Kier alpha value is -1.16. The second-order valence-corrected chi connectivity index (χ2v) is 4.62. The zero-order valence-electron chi connectivity index (χ0n) is 10.9. The molecule has 0 radical (unpaired) electrons. The van der Waals surface area contributed by atoms with Crippen LogP contribution in [0.2, 0.25) is 0 Å². The summed E-state index contributed by atoms with van der Waals surface area (Å²) in [5.41, 5.74) is 1.11. The van der Waals surface area contributed by atoms with Crippen molar-refractivity contribution in [1.82, 2.24) is 14.9 Å². The van der Waals surface area contributed by atoms with Gasteiger partial charge in [-0.3, -0.25) is 0 Å². The predicted octanol–water partition coefficient (Wildman–Crippen LogP) is 1.86. The van der Waals surface area contributed by atoms with Gasteiger partial charge in [0.1, 0.15) is 11.6 Å². The van der Waals surface area contributed by atoms with Gasteiger partial charge in [-0.25, -0.2) is 9.97 Å². The highest BCUT2D eigenvalue weighted by molar-refractivity contribution is 5.35. The van der Waals surface area contributed by atoms with Crippen LogP contribution in [0, 0.1) is 6.92 Å². The van der Waals surface area contributed by atoms with Crippen molar-refractivity contribution < 1.29 is 0 Å². The molecule has 0 aromatic carbocycles. The van der Waals surface area contributed by atoms with Crippen molar-refractivity contribution in [3.05, 3.63) is 17.6 Å². The number of rotatable bonds is 5. The lowest BCUT2D eigenvalue weighted by molar-refractivity contribution is 0.352. The van der Waals surface area contributed by atoms with E-state index in [4.69, 9.17) is 0 Å². The molecule has 1 N–H and O–H groups in total. The quantitative estimate of drug-likeness (QED) is 0.844. The summed E-state index contributed by atoms with van der Waals surface area (Å²) in [4.78, 5) is 11.3. The van der Waals surface area contributed by atoms with E-state index in [9.17, 15) is 0 Å². The van der Waals surface area contributed by atoms with Crippen molar-refractivity contribution in [3.8, 4) is 0 Å². The summed E-state index contributed by atoms with van der Waals surface area (Å²) >= 11 is 0. The molecule has 0 saturated carbocycles. The number of nitrogens with zero attached hydrogens (tertiary/aromatic N) is 3. The third-order valence-electron chi connectivity index (χ3n) is 3.19. The Morgan fingerprint density at radius 3 is 2.76 bits per heavy atom. The number of hydrogen-bond donors (Lipinski definition) is 1. The molecule has 1 aromatic rings. The average molecular weight is 234 g/mol. The summed E-state index contributed by atoms with van der Waals surface area (Å²) < 4.78 is 0. The molecule has 17 heavy (non-hydrogen) atoms. The Balaban J connectivity index is 1.83. The highest BCUT2D eigenvalue weighted by Gasteiger charge is 2.10. The Morgan fingerprint density at radius 2 is 2.06 bits per heavy atom. The van der Waals surface area contributed by atoms with Gasteiger partial charge in [0.2, 0.25) is 0 Å². The Bertz CT molecular complexity index is 358. The van der Waals surface area contributed by atoms with Crippen LogP contribution in [0.25, 0.3) is 0 Å². The van der Waals surface area contributed by atoms with Crippen LogP contribution in [-0.4, -0.2) is 41.0 Å². The molecule has 1 aliphatic heterocycles. The van der Waals surface area contributed by atoms with E-state index < -0.39 is 0 Å². The standard InChI is InChI=1S/C13H22N4/c1-3-12-10-13(16-11(2)15-12)14-6-9-17-7-4-5-8-17/h10H,3-9H2,1-2H3,(H,14,15,16). The van der Waals surface area contributed by atoms with Crippen molar-refractivity contribution in [2.75, 3.05) is 31.5 Å². The van der Waals surface area contributed by atoms with E-state index in [1.807, 2.05) is 6.92 Å². The fraction of sp³-hybridized carbons (Fsp3) is 0.692. The number of likely N-dealkylation sites (tertiary alicyclic amines) is 1. The summed E-state index contributed by atoms with van der Waals surface area (Å²) in [7, 11) is 0. The number of aryl methyl sites for hydroxylation is 2. The second-order valence-electron chi connectivity index (χ2n) is 4.62. The van der Waals surface area contributed by atoms with E-state index in [1.165, 1.54) is 25.9 Å². The number of nitrogens with one attached hydrogen (secondary N) is 1. The molecule has 2 heterocycles.